The average Bonchev–Trinajstić information content (AvgIpc) is 3.16. The molecule has 2 aliphatic carbocycles. The molecule has 104 valence electrons. The molecule has 1 amide bonds. The van der Waals surface area contributed by atoms with Crippen molar-refractivity contribution in [1.82, 2.24) is 10.6 Å². The van der Waals surface area contributed by atoms with Crippen LogP contribution in [0, 0.1) is 5.92 Å². The molecule has 3 heteroatoms. The molecule has 2 fully saturated rings. The molecule has 0 aromatic heterocycles. The second-order valence-electron chi connectivity index (χ2n) is 6.18. The van der Waals surface area contributed by atoms with E-state index in [0.29, 0.717) is 12.1 Å². The molecule has 0 aromatic carbocycles. The van der Waals surface area contributed by atoms with Crippen LogP contribution in [0.4, 0.5) is 0 Å². The highest BCUT2D eigenvalue weighted by molar-refractivity contribution is 5.81. The van der Waals surface area contributed by atoms with Gasteiger partial charge in [0.2, 0.25) is 5.91 Å². The fourth-order valence-electron chi connectivity index (χ4n) is 3.01. The minimum atomic E-state index is -0.0293. The second kappa shape index (κ2) is 6.55. The molecule has 2 rings (SSSR count). The minimum absolute atomic E-state index is 0.0293. The minimum Gasteiger partial charge on any atom is -0.352 e. The lowest BCUT2D eigenvalue weighted by Gasteiger charge is -2.30. The number of hydrogen-bond donors (Lipinski definition) is 2. The first-order chi connectivity index (χ1) is 8.69. The maximum Gasteiger partial charge on any atom is 0.237 e. The third kappa shape index (κ3) is 4.27. The summed E-state index contributed by atoms with van der Waals surface area (Å²) >= 11 is 0. The lowest BCUT2D eigenvalue weighted by atomic mass is 9.83. The maximum atomic E-state index is 11.9. The highest BCUT2D eigenvalue weighted by Crippen LogP contribution is 2.28. The Hall–Kier alpha value is -0.570. The molecule has 0 aliphatic heterocycles. The second-order valence-corrected chi connectivity index (χ2v) is 6.18. The normalized spacial score (nSPS) is 29.9. The summed E-state index contributed by atoms with van der Waals surface area (Å²) in [5.41, 5.74) is 0. The molecule has 1 atom stereocenters. The van der Waals surface area contributed by atoms with E-state index >= 15 is 0 Å². The van der Waals surface area contributed by atoms with Gasteiger partial charge in [0.1, 0.15) is 0 Å². The molecule has 2 aliphatic rings. The number of carbonyl (C=O) groups excluding carboxylic acids is 1. The lowest BCUT2D eigenvalue weighted by Crippen LogP contribution is -2.48. The number of nitrogens with one attached hydrogen (secondary N) is 2. The van der Waals surface area contributed by atoms with Gasteiger partial charge >= 0.3 is 0 Å². The number of carbonyl (C=O) groups is 1. The molecule has 0 saturated heterocycles. The standard InChI is InChI=1S/C15H28N2O/c1-3-4-12-5-7-13(8-6-12)16-11(2)15(18)17-14-9-10-14/h11-14,16H,3-10H2,1-2H3,(H,17,18). The van der Waals surface area contributed by atoms with Gasteiger partial charge in [-0.05, 0) is 51.4 Å². The van der Waals surface area contributed by atoms with Gasteiger partial charge in [0.05, 0.1) is 6.04 Å². The molecule has 0 aromatic rings. The molecule has 2 N–H and O–H groups in total. The Morgan fingerprint density at radius 1 is 1.11 bits per heavy atom. The number of hydrogen-bond acceptors (Lipinski definition) is 2. The van der Waals surface area contributed by atoms with Gasteiger partial charge in [-0.1, -0.05) is 19.8 Å². The van der Waals surface area contributed by atoms with Crippen molar-refractivity contribution in [2.75, 3.05) is 0 Å². The predicted octanol–water partition coefficient (Wildman–Crippen LogP) is 2.60. The van der Waals surface area contributed by atoms with E-state index in [1.54, 1.807) is 0 Å². The zero-order chi connectivity index (χ0) is 13.0. The fourth-order valence-corrected chi connectivity index (χ4v) is 3.01. The molecular weight excluding hydrogens is 224 g/mol. The van der Waals surface area contributed by atoms with E-state index in [0.717, 1.165) is 5.92 Å². The lowest BCUT2D eigenvalue weighted by molar-refractivity contribution is -0.123. The van der Waals surface area contributed by atoms with Crippen LogP contribution in [0.1, 0.15) is 65.2 Å². The van der Waals surface area contributed by atoms with E-state index in [4.69, 9.17) is 0 Å². The predicted molar refractivity (Wildman–Crippen MR) is 74.4 cm³/mol. The zero-order valence-corrected chi connectivity index (χ0v) is 11.9. The fraction of sp³-hybridized carbons (Fsp3) is 0.933. The SMILES string of the molecule is CCCC1CCC(NC(C)C(=O)NC2CC2)CC1. The maximum absolute atomic E-state index is 11.9. The Labute approximate surface area is 111 Å². The van der Waals surface area contributed by atoms with E-state index in [1.165, 1.54) is 51.4 Å². The van der Waals surface area contributed by atoms with E-state index < -0.39 is 0 Å². The van der Waals surface area contributed by atoms with E-state index in [1.807, 2.05) is 6.92 Å². The Morgan fingerprint density at radius 3 is 2.28 bits per heavy atom. The van der Waals surface area contributed by atoms with Crippen LogP contribution in [0.5, 0.6) is 0 Å². The van der Waals surface area contributed by atoms with Crippen molar-refractivity contribution in [2.24, 2.45) is 5.92 Å². The molecule has 0 radical (unpaired) electrons. The first-order valence-corrected chi connectivity index (χ1v) is 7.75. The van der Waals surface area contributed by atoms with Gasteiger partial charge in [-0.25, -0.2) is 0 Å². The van der Waals surface area contributed by atoms with Gasteiger partial charge in [0.25, 0.3) is 0 Å². The first kappa shape index (κ1) is 13.9. The summed E-state index contributed by atoms with van der Waals surface area (Å²) in [5.74, 6) is 1.12. The molecule has 0 heterocycles. The summed E-state index contributed by atoms with van der Waals surface area (Å²) in [6.07, 6.45) is 10.2. The van der Waals surface area contributed by atoms with Crippen molar-refractivity contribution in [3.63, 3.8) is 0 Å². The summed E-state index contributed by atoms with van der Waals surface area (Å²) in [5, 5.41) is 6.57. The number of rotatable bonds is 6. The monoisotopic (exact) mass is 252 g/mol. The summed E-state index contributed by atoms with van der Waals surface area (Å²) in [4.78, 5) is 11.9. The van der Waals surface area contributed by atoms with Crippen LogP contribution in [-0.4, -0.2) is 24.0 Å². The van der Waals surface area contributed by atoms with Crippen LogP contribution in [0.2, 0.25) is 0 Å². The van der Waals surface area contributed by atoms with Crippen LogP contribution in [0.25, 0.3) is 0 Å². The quantitative estimate of drug-likeness (QED) is 0.763. The van der Waals surface area contributed by atoms with Crippen LogP contribution < -0.4 is 10.6 Å². The number of amides is 1. The average molecular weight is 252 g/mol. The van der Waals surface area contributed by atoms with E-state index in [9.17, 15) is 4.79 Å². The van der Waals surface area contributed by atoms with Gasteiger partial charge in [-0.3, -0.25) is 4.79 Å². The van der Waals surface area contributed by atoms with Gasteiger partial charge in [-0.15, -0.1) is 0 Å². The van der Waals surface area contributed by atoms with Crippen LogP contribution in [0.3, 0.4) is 0 Å². The van der Waals surface area contributed by atoms with Crippen LogP contribution in [-0.2, 0) is 4.79 Å². The molecule has 0 spiro atoms. The van der Waals surface area contributed by atoms with Gasteiger partial charge < -0.3 is 10.6 Å². The van der Waals surface area contributed by atoms with Gasteiger partial charge in [0, 0.05) is 12.1 Å². The van der Waals surface area contributed by atoms with Crippen LogP contribution in [0.15, 0.2) is 0 Å². The van der Waals surface area contributed by atoms with Crippen molar-refractivity contribution in [3.05, 3.63) is 0 Å². The van der Waals surface area contributed by atoms with E-state index in [-0.39, 0.29) is 11.9 Å². The first-order valence-electron chi connectivity index (χ1n) is 7.75. The molecule has 2 saturated carbocycles. The third-order valence-corrected chi connectivity index (χ3v) is 4.35. The Balaban J connectivity index is 1.65. The Morgan fingerprint density at radius 2 is 1.72 bits per heavy atom. The Kier molecular flexibility index (Phi) is 5.04. The highest BCUT2D eigenvalue weighted by atomic mass is 16.2. The largest absolute Gasteiger partial charge is 0.352 e. The Bertz CT molecular complexity index is 268. The highest BCUT2D eigenvalue weighted by Gasteiger charge is 2.27. The van der Waals surface area contributed by atoms with Crippen molar-refractivity contribution in [2.45, 2.75) is 83.3 Å². The van der Waals surface area contributed by atoms with Crippen molar-refractivity contribution in [3.8, 4) is 0 Å². The molecule has 1 unspecified atom stereocenters. The summed E-state index contributed by atoms with van der Waals surface area (Å²) < 4.78 is 0. The van der Waals surface area contributed by atoms with Crippen molar-refractivity contribution in [1.29, 1.82) is 0 Å². The van der Waals surface area contributed by atoms with Gasteiger partial charge in [-0.2, -0.15) is 0 Å². The van der Waals surface area contributed by atoms with E-state index in [2.05, 4.69) is 17.6 Å². The van der Waals surface area contributed by atoms with Crippen molar-refractivity contribution < 1.29 is 4.79 Å². The molecule has 0 bridgehead atoms. The van der Waals surface area contributed by atoms with Crippen LogP contribution >= 0.6 is 0 Å². The third-order valence-electron chi connectivity index (χ3n) is 4.35. The molecule has 18 heavy (non-hydrogen) atoms. The summed E-state index contributed by atoms with van der Waals surface area (Å²) in [6.45, 7) is 4.27. The van der Waals surface area contributed by atoms with Gasteiger partial charge in [0.15, 0.2) is 0 Å². The molecule has 3 nitrogen and oxygen atoms in total. The molecular formula is C15H28N2O. The van der Waals surface area contributed by atoms with Crippen molar-refractivity contribution >= 4 is 5.91 Å². The summed E-state index contributed by atoms with van der Waals surface area (Å²) in [7, 11) is 0. The summed E-state index contributed by atoms with van der Waals surface area (Å²) in [6, 6.07) is 0.999. The smallest absolute Gasteiger partial charge is 0.237 e. The topological polar surface area (TPSA) is 41.1 Å². The zero-order valence-electron chi connectivity index (χ0n) is 11.9.